The van der Waals surface area contributed by atoms with Crippen molar-refractivity contribution in [2.24, 2.45) is 0 Å². The van der Waals surface area contributed by atoms with Crippen LogP contribution in [0.25, 0.3) is 17.1 Å². The number of nitrogens with zero attached hydrogens (tertiary/aromatic N) is 2. The molecule has 0 unspecified atom stereocenters. The molecule has 0 spiro atoms. The zero-order chi connectivity index (χ0) is 20.1. The number of anilines is 2. The first-order valence-corrected chi connectivity index (χ1v) is 9.70. The molecule has 0 fully saturated rings. The fraction of sp³-hybridized carbons (Fsp3) is 0.120. The minimum atomic E-state index is 0.716. The standard InChI is InChI=1S/C25H24N4/c1-18-11-12-20(13-18)15-26-19(2)22-9-6-10-23(14-22)29-24-16-27-25(28-17-24)21-7-4-3-5-8-21/h3-12,14,16-17,26,29H,2,13,15H2,1H3. The van der Waals surface area contributed by atoms with Crippen LogP contribution < -0.4 is 10.6 Å². The molecule has 1 aliphatic rings. The third kappa shape index (κ3) is 4.79. The molecule has 1 heterocycles. The van der Waals surface area contributed by atoms with Gasteiger partial charge >= 0.3 is 0 Å². The van der Waals surface area contributed by atoms with Crippen LogP contribution in [0.3, 0.4) is 0 Å². The van der Waals surface area contributed by atoms with Crippen LogP contribution in [0.5, 0.6) is 0 Å². The molecule has 4 heteroatoms. The number of hydrogen-bond acceptors (Lipinski definition) is 4. The molecular formula is C25H24N4. The van der Waals surface area contributed by atoms with E-state index in [1.54, 1.807) is 12.4 Å². The van der Waals surface area contributed by atoms with Gasteiger partial charge in [0.15, 0.2) is 5.82 Å². The van der Waals surface area contributed by atoms with Crippen molar-refractivity contribution in [2.75, 3.05) is 11.9 Å². The fourth-order valence-electron chi connectivity index (χ4n) is 3.26. The maximum absolute atomic E-state index is 4.47. The number of nitrogens with one attached hydrogen (secondary N) is 2. The van der Waals surface area contributed by atoms with Crippen LogP contribution in [0.4, 0.5) is 11.4 Å². The number of rotatable bonds is 7. The van der Waals surface area contributed by atoms with E-state index in [4.69, 9.17) is 0 Å². The van der Waals surface area contributed by atoms with E-state index in [9.17, 15) is 0 Å². The smallest absolute Gasteiger partial charge is 0.159 e. The highest BCUT2D eigenvalue weighted by atomic mass is 15.0. The second-order valence-corrected chi connectivity index (χ2v) is 7.21. The molecule has 3 aromatic rings. The van der Waals surface area contributed by atoms with Crippen molar-refractivity contribution in [1.82, 2.24) is 15.3 Å². The van der Waals surface area contributed by atoms with Crippen LogP contribution in [-0.4, -0.2) is 16.5 Å². The van der Waals surface area contributed by atoms with E-state index in [0.29, 0.717) is 5.82 Å². The number of aromatic nitrogens is 2. The van der Waals surface area contributed by atoms with Crippen molar-refractivity contribution in [1.29, 1.82) is 0 Å². The molecule has 4 rings (SSSR count). The van der Waals surface area contributed by atoms with Crippen LogP contribution in [0.2, 0.25) is 0 Å². The average Bonchev–Trinajstić information content (AvgIpc) is 3.18. The quantitative estimate of drug-likeness (QED) is 0.550. The van der Waals surface area contributed by atoms with Crippen molar-refractivity contribution in [2.45, 2.75) is 13.3 Å². The summed E-state index contributed by atoms with van der Waals surface area (Å²) in [4.78, 5) is 8.94. The van der Waals surface area contributed by atoms with Gasteiger partial charge in [-0.2, -0.15) is 0 Å². The van der Waals surface area contributed by atoms with Gasteiger partial charge in [0, 0.05) is 23.5 Å². The molecule has 4 nitrogen and oxygen atoms in total. The first kappa shape index (κ1) is 18.7. The van der Waals surface area contributed by atoms with E-state index in [1.807, 2.05) is 42.5 Å². The van der Waals surface area contributed by atoms with Gasteiger partial charge < -0.3 is 10.6 Å². The van der Waals surface area contributed by atoms with Crippen LogP contribution in [0.1, 0.15) is 18.9 Å². The van der Waals surface area contributed by atoms with E-state index in [-0.39, 0.29) is 0 Å². The molecule has 1 aromatic heterocycles. The Morgan fingerprint density at radius 1 is 0.966 bits per heavy atom. The summed E-state index contributed by atoms with van der Waals surface area (Å²) < 4.78 is 0. The van der Waals surface area contributed by atoms with E-state index in [1.165, 1.54) is 11.1 Å². The summed E-state index contributed by atoms with van der Waals surface area (Å²) in [7, 11) is 0. The van der Waals surface area contributed by atoms with Gasteiger partial charge in [0.05, 0.1) is 18.1 Å². The Hall–Kier alpha value is -3.66. The van der Waals surface area contributed by atoms with Gasteiger partial charge in [-0.15, -0.1) is 0 Å². The number of hydrogen-bond donors (Lipinski definition) is 2. The average molecular weight is 380 g/mol. The predicted molar refractivity (Wildman–Crippen MR) is 121 cm³/mol. The second-order valence-electron chi connectivity index (χ2n) is 7.21. The Morgan fingerprint density at radius 2 is 1.76 bits per heavy atom. The monoisotopic (exact) mass is 380 g/mol. The van der Waals surface area contributed by atoms with Crippen molar-refractivity contribution in [3.05, 3.63) is 102 Å². The Kier molecular flexibility index (Phi) is 5.52. The molecule has 0 atom stereocenters. The molecule has 0 saturated carbocycles. The van der Waals surface area contributed by atoms with E-state index in [0.717, 1.165) is 41.2 Å². The summed E-state index contributed by atoms with van der Waals surface area (Å²) in [5.41, 5.74) is 7.57. The van der Waals surface area contributed by atoms with Gasteiger partial charge in [-0.25, -0.2) is 9.97 Å². The summed E-state index contributed by atoms with van der Waals surface area (Å²) >= 11 is 0. The molecule has 2 N–H and O–H groups in total. The van der Waals surface area contributed by atoms with Crippen LogP contribution in [0, 0.1) is 0 Å². The molecule has 1 aliphatic carbocycles. The predicted octanol–water partition coefficient (Wildman–Crippen LogP) is 5.72. The lowest BCUT2D eigenvalue weighted by molar-refractivity contribution is 0.925. The van der Waals surface area contributed by atoms with Crippen molar-refractivity contribution in [3.8, 4) is 11.4 Å². The molecule has 0 radical (unpaired) electrons. The zero-order valence-corrected chi connectivity index (χ0v) is 16.5. The van der Waals surface area contributed by atoms with Gasteiger partial charge in [-0.1, -0.05) is 66.8 Å². The lowest BCUT2D eigenvalue weighted by Crippen LogP contribution is -2.14. The molecule has 29 heavy (non-hydrogen) atoms. The first-order chi connectivity index (χ1) is 14.2. The van der Waals surface area contributed by atoms with Crippen molar-refractivity contribution in [3.63, 3.8) is 0 Å². The third-order valence-electron chi connectivity index (χ3n) is 4.82. The van der Waals surface area contributed by atoms with Crippen molar-refractivity contribution < 1.29 is 0 Å². The fourth-order valence-corrected chi connectivity index (χ4v) is 3.26. The zero-order valence-electron chi connectivity index (χ0n) is 16.5. The maximum atomic E-state index is 4.47. The Morgan fingerprint density at radius 3 is 2.48 bits per heavy atom. The van der Waals surface area contributed by atoms with Gasteiger partial charge in [-0.3, -0.25) is 0 Å². The summed E-state index contributed by atoms with van der Waals surface area (Å²) in [6, 6.07) is 18.1. The van der Waals surface area contributed by atoms with Gasteiger partial charge in [0.1, 0.15) is 0 Å². The second kappa shape index (κ2) is 8.57. The highest BCUT2D eigenvalue weighted by Gasteiger charge is 2.07. The van der Waals surface area contributed by atoms with Gasteiger partial charge in [0.2, 0.25) is 0 Å². The molecule has 0 aliphatic heterocycles. The molecule has 2 aromatic carbocycles. The van der Waals surface area contributed by atoms with Crippen LogP contribution >= 0.6 is 0 Å². The lowest BCUT2D eigenvalue weighted by atomic mass is 10.1. The van der Waals surface area contributed by atoms with Crippen molar-refractivity contribution >= 4 is 17.1 Å². The molecular weight excluding hydrogens is 356 g/mol. The summed E-state index contributed by atoms with van der Waals surface area (Å²) in [6.07, 6.45) is 9.01. The lowest BCUT2D eigenvalue weighted by Gasteiger charge is -2.13. The molecule has 0 amide bonds. The topological polar surface area (TPSA) is 49.8 Å². The molecule has 144 valence electrons. The first-order valence-electron chi connectivity index (χ1n) is 9.70. The highest BCUT2D eigenvalue weighted by molar-refractivity contribution is 5.69. The number of benzene rings is 2. The third-order valence-corrected chi connectivity index (χ3v) is 4.82. The minimum Gasteiger partial charge on any atom is -0.381 e. The Balaban J connectivity index is 1.39. The summed E-state index contributed by atoms with van der Waals surface area (Å²) in [6.45, 7) is 7.17. The largest absolute Gasteiger partial charge is 0.381 e. The Bertz CT molecular complexity index is 1060. The normalized spacial score (nSPS) is 12.9. The highest BCUT2D eigenvalue weighted by Crippen LogP contribution is 2.22. The Labute approximate surface area is 171 Å². The van der Waals surface area contributed by atoms with Gasteiger partial charge in [-0.05, 0) is 36.6 Å². The van der Waals surface area contributed by atoms with E-state index in [2.05, 4.69) is 58.4 Å². The van der Waals surface area contributed by atoms with Crippen LogP contribution in [0.15, 0.2) is 96.9 Å². The SMILES string of the molecule is C=C(NCC1=CC=C(C)C1)c1cccc(Nc2cnc(-c3ccccc3)nc2)c1. The minimum absolute atomic E-state index is 0.716. The maximum Gasteiger partial charge on any atom is 0.159 e. The summed E-state index contributed by atoms with van der Waals surface area (Å²) in [5, 5.41) is 6.80. The molecule has 0 bridgehead atoms. The van der Waals surface area contributed by atoms with E-state index < -0.39 is 0 Å². The number of allylic oxidation sites excluding steroid dienone is 3. The summed E-state index contributed by atoms with van der Waals surface area (Å²) in [5.74, 6) is 0.716. The molecule has 0 saturated heterocycles. The van der Waals surface area contributed by atoms with Crippen LogP contribution in [-0.2, 0) is 0 Å². The van der Waals surface area contributed by atoms with Gasteiger partial charge in [0.25, 0.3) is 0 Å². The van der Waals surface area contributed by atoms with E-state index >= 15 is 0 Å².